The fourth-order valence-corrected chi connectivity index (χ4v) is 2.27. The maximum Gasteiger partial charge on any atom is 0.410 e. The van der Waals surface area contributed by atoms with Crippen LogP contribution in [0.25, 0.3) is 0 Å². The highest BCUT2D eigenvalue weighted by Crippen LogP contribution is 2.26. The number of nitrogens with zero attached hydrogens (tertiary/aromatic N) is 1. The Labute approximate surface area is 117 Å². The van der Waals surface area contributed by atoms with E-state index in [1.54, 1.807) is 4.90 Å². The van der Waals surface area contributed by atoms with Gasteiger partial charge in [-0.2, -0.15) is 0 Å². The summed E-state index contributed by atoms with van der Waals surface area (Å²) in [4.78, 5) is 13.9. The van der Waals surface area contributed by atoms with E-state index in [1.165, 1.54) is 0 Å². The first-order chi connectivity index (χ1) is 8.76. The molecule has 1 saturated heterocycles. The van der Waals surface area contributed by atoms with Gasteiger partial charge in [-0.25, -0.2) is 4.79 Å². The maximum absolute atomic E-state index is 12.1. The van der Waals surface area contributed by atoms with Gasteiger partial charge in [-0.05, 0) is 47.0 Å². The lowest BCUT2D eigenvalue weighted by Gasteiger charge is -2.40. The van der Waals surface area contributed by atoms with Crippen LogP contribution in [0.5, 0.6) is 0 Å². The number of hydrogen-bond acceptors (Lipinski definition) is 3. The molecule has 4 nitrogen and oxygen atoms in total. The minimum atomic E-state index is -0.437. The Hall–Kier alpha value is -0.770. The number of likely N-dealkylation sites (tertiary alicyclic amines) is 1. The van der Waals surface area contributed by atoms with Gasteiger partial charge in [-0.15, -0.1) is 0 Å². The molecule has 0 radical (unpaired) electrons. The molecular weight excluding hydrogens is 242 g/mol. The second-order valence-electron chi connectivity index (χ2n) is 6.66. The van der Waals surface area contributed by atoms with Crippen molar-refractivity contribution in [3.05, 3.63) is 0 Å². The normalized spacial score (nSPS) is 24.4. The summed E-state index contributed by atoms with van der Waals surface area (Å²) >= 11 is 0. The van der Waals surface area contributed by atoms with E-state index >= 15 is 0 Å². The Morgan fingerprint density at radius 3 is 2.63 bits per heavy atom. The molecule has 1 aliphatic heterocycles. The highest BCUT2D eigenvalue weighted by molar-refractivity contribution is 5.68. The third kappa shape index (κ3) is 5.81. The number of piperidine rings is 1. The van der Waals surface area contributed by atoms with Crippen molar-refractivity contribution >= 4 is 6.09 Å². The molecular formula is C15H29NO3. The molecule has 1 unspecified atom stereocenters. The van der Waals surface area contributed by atoms with E-state index in [1.807, 2.05) is 20.8 Å². The second-order valence-corrected chi connectivity index (χ2v) is 6.66. The molecule has 0 spiro atoms. The van der Waals surface area contributed by atoms with Crippen LogP contribution in [0.4, 0.5) is 4.79 Å². The molecule has 1 amide bonds. The summed E-state index contributed by atoms with van der Waals surface area (Å²) in [6.45, 7) is 12.1. The molecule has 0 N–H and O–H groups in total. The lowest BCUT2D eigenvalue weighted by molar-refractivity contribution is -0.0804. The van der Waals surface area contributed by atoms with Gasteiger partial charge in [-0.3, -0.25) is 0 Å². The van der Waals surface area contributed by atoms with Crippen molar-refractivity contribution in [3.63, 3.8) is 0 Å². The van der Waals surface area contributed by atoms with Crippen molar-refractivity contribution in [1.82, 2.24) is 4.90 Å². The molecule has 4 heteroatoms. The van der Waals surface area contributed by atoms with Gasteiger partial charge in [0.25, 0.3) is 0 Å². The van der Waals surface area contributed by atoms with Crippen LogP contribution in [0.1, 0.15) is 60.3 Å². The molecule has 0 aromatic heterocycles. The van der Waals surface area contributed by atoms with Crippen molar-refractivity contribution in [1.29, 1.82) is 0 Å². The van der Waals surface area contributed by atoms with Crippen molar-refractivity contribution in [2.24, 2.45) is 0 Å². The highest BCUT2D eigenvalue weighted by atomic mass is 16.6. The predicted molar refractivity (Wildman–Crippen MR) is 76.3 cm³/mol. The first-order valence-corrected chi connectivity index (χ1v) is 7.38. The maximum atomic E-state index is 12.1. The average Bonchev–Trinajstić information content (AvgIpc) is 2.27. The van der Waals surface area contributed by atoms with E-state index in [9.17, 15) is 4.79 Å². The van der Waals surface area contributed by atoms with E-state index in [-0.39, 0.29) is 11.7 Å². The topological polar surface area (TPSA) is 38.8 Å². The zero-order valence-corrected chi connectivity index (χ0v) is 13.1. The minimum absolute atomic E-state index is 0.218. The molecule has 0 aromatic rings. The van der Waals surface area contributed by atoms with E-state index < -0.39 is 5.60 Å². The van der Waals surface area contributed by atoms with Crippen LogP contribution >= 0.6 is 0 Å². The molecule has 1 aliphatic rings. The number of carbonyl (C=O) groups excluding carboxylic acids is 1. The van der Waals surface area contributed by atoms with Crippen LogP contribution in [0.15, 0.2) is 0 Å². The Balaban J connectivity index is 2.51. The van der Waals surface area contributed by atoms with E-state index in [0.717, 1.165) is 38.8 Å². The van der Waals surface area contributed by atoms with Crippen LogP contribution in [0.2, 0.25) is 0 Å². The summed E-state index contributed by atoms with van der Waals surface area (Å²) in [6, 6.07) is 0. The molecule has 112 valence electrons. The molecule has 19 heavy (non-hydrogen) atoms. The summed E-state index contributed by atoms with van der Waals surface area (Å²) < 4.78 is 11.4. The fourth-order valence-electron chi connectivity index (χ4n) is 2.27. The molecule has 1 fully saturated rings. The van der Waals surface area contributed by atoms with Gasteiger partial charge in [0.2, 0.25) is 0 Å². The molecule has 0 aliphatic carbocycles. The molecule has 0 aromatic carbocycles. The number of unbranched alkanes of at least 4 members (excludes halogenated alkanes) is 1. The number of hydrogen-bond donors (Lipinski definition) is 0. The Morgan fingerprint density at radius 2 is 2.05 bits per heavy atom. The van der Waals surface area contributed by atoms with Gasteiger partial charge in [0.15, 0.2) is 0 Å². The first-order valence-electron chi connectivity index (χ1n) is 7.38. The monoisotopic (exact) mass is 271 g/mol. The van der Waals surface area contributed by atoms with Gasteiger partial charge >= 0.3 is 6.09 Å². The van der Waals surface area contributed by atoms with Crippen molar-refractivity contribution in [3.8, 4) is 0 Å². The average molecular weight is 271 g/mol. The highest BCUT2D eigenvalue weighted by Gasteiger charge is 2.35. The Bertz CT molecular complexity index is 298. The third-order valence-electron chi connectivity index (χ3n) is 3.26. The minimum Gasteiger partial charge on any atom is -0.444 e. The van der Waals surface area contributed by atoms with Gasteiger partial charge in [0, 0.05) is 13.2 Å². The summed E-state index contributed by atoms with van der Waals surface area (Å²) in [6.07, 6.45) is 3.96. The van der Waals surface area contributed by atoms with Gasteiger partial charge in [0.05, 0.1) is 12.1 Å². The smallest absolute Gasteiger partial charge is 0.410 e. The van der Waals surface area contributed by atoms with Gasteiger partial charge < -0.3 is 14.4 Å². The van der Waals surface area contributed by atoms with E-state index in [2.05, 4.69) is 13.8 Å². The lowest BCUT2D eigenvalue weighted by atomic mass is 9.95. The van der Waals surface area contributed by atoms with Crippen LogP contribution in [0, 0.1) is 0 Å². The van der Waals surface area contributed by atoms with Crippen LogP contribution in [-0.4, -0.2) is 41.9 Å². The van der Waals surface area contributed by atoms with E-state index in [4.69, 9.17) is 9.47 Å². The quantitative estimate of drug-likeness (QED) is 0.733. The van der Waals surface area contributed by atoms with Crippen molar-refractivity contribution in [2.45, 2.75) is 71.5 Å². The van der Waals surface area contributed by atoms with Crippen LogP contribution < -0.4 is 0 Å². The predicted octanol–water partition coefficient (Wildman–Crippen LogP) is 3.59. The number of amides is 1. The zero-order valence-electron chi connectivity index (χ0n) is 13.1. The van der Waals surface area contributed by atoms with Crippen LogP contribution in [-0.2, 0) is 9.47 Å². The molecule has 1 rings (SSSR count). The second kappa shape index (κ2) is 6.60. The van der Waals surface area contributed by atoms with Gasteiger partial charge in [0.1, 0.15) is 5.60 Å². The number of ether oxygens (including phenoxy) is 2. The van der Waals surface area contributed by atoms with Crippen LogP contribution in [0.3, 0.4) is 0 Å². The standard InChI is InChI=1S/C15H29NO3/c1-6-7-11-18-15(5)9-8-10-16(12-15)13(17)19-14(2,3)4/h6-12H2,1-5H3. The van der Waals surface area contributed by atoms with E-state index in [0.29, 0.717) is 6.54 Å². The summed E-state index contributed by atoms with van der Waals surface area (Å²) in [7, 11) is 0. The Morgan fingerprint density at radius 1 is 1.37 bits per heavy atom. The zero-order chi connectivity index (χ0) is 14.5. The SMILES string of the molecule is CCCCOC1(C)CCCN(C(=O)OC(C)(C)C)C1. The largest absolute Gasteiger partial charge is 0.444 e. The molecule has 1 atom stereocenters. The third-order valence-corrected chi connectivity index (χ3v) is 3.26. The summed E-state index contributed by atoms with van der Waals surface area (Å²) in [5.74, 6) is 0. The summed E-state index contributed by atoms with van der Waals surface area (Å²) in [5.41, 5.74) is -0.654. The van der Waals surface area contributed by atoms with Gasteiger partial charge in [-0.1, -0.05) is 13.3 Å². The number of carbonyl (C=O) groups is 1. The van der Waals surface area contributed by atoms with Crippen molar-refractivity contribution in [2.75, 3.05) is 19.7 Å². The fraction of sp³-hybridized carbons (Fsp3) is 0.933. The lowest BCUT2D eigenvalue weighted by Crippen LogP contribution is -2.51. The summed E-state index contributed by atoms with van der Waals surface area (Å²) in [5, 5.41) is 0. The molecule has 1 heterocycles. The van der Waals surface area contributed by atoms with Crippen molar-refractivity contribution < 1.29 is 14.3 Å². The number of rotatable bonds is 4. The first kappa shape index (κ1) is 16.3. The Kier molecular flexibility index (Phi) is 5.65. The molecule has 0 saturated carbocycles. The molecule has 0 bridgehead atoms.